The van der Waals surface area contributed by atoms with Gasteiger partial charge in [0.1, 0.15) is 0 Å². The van der Waals surface area contributed by atoms with E-state index in [9.17, 15) is 13.2 Å². The van der Waals surface area contributed by atoms with Crippen molar-refractivity contribution in [3.05, 3.63) is 65.0 Å². The van der Waals surface area contributed by atoms with Gasteiger partial charge >= 0.3 is 0 Å². The van der Waals surface area contributed by atoms with Crippen molar-refractivity contribution >= 4 is 38.1 Å². The Labute approximate surface area is 156 Å². The zero-order valence-electron chi connectivity index (χ0n) is 14.2. The van der Waals surface area contributed by atoms with E-state index >= 15 is 0 Å². The number of anilines is 2. The van der Waals surface area contributed by atoms with Crippen LogP contribution in [0.1, 0.15) is 15.9 Å². The standard InChI is InChI=1S/C18H17N3O3S2/c1-12-5-3-4-6-15(12)17(22)20-18-19-16(11-25-18)13-7-9-14(10-8-13)21-26(2,23)24/h3-11,21H,1-2H3,(H,19,20,22). The molecule has 1 amide bonds. The van der Waals surface area contributed by atoms with Crippen LogP contribution < -0.4 is 10.0 Å². The van der Waals surface area contributed by atoms with Crippen molar-refractivity contribution in [2.45, 2.75) is 6.92 Å². The van der Waals surface area contributed by atoms with Crippen LogP contribution in [-0.2, 0) is 10.0 Å². The average molecular weight is 387 g/mol. The van der Waals surface area contributed by atoms with E-state index in [0.29, 0.717) is 22.1 Å². The van der Waals surface area contributed by atoms with Crippen molar-refractivity contribution in [3.8, 4) is 11.3 Å². The van der Waals surface area contributed by atoms with Crippen LogP contribution in [0.2, 0.25) is 0 Å². The molecule has 0 saturated carbocycles. The monoisotopic (exact) mass is 387 g/mol. The number of amides is 1. The normalized spacial score (nSPS) is 11.2. The molecule has 1 heterocycles. The Morgan fingerprint density at radius 1 is 1.08 bits per heavy atom. The number of carbonyl (C=O) groups excluding carboxylic acids is 1. The summed E-state index contributed by atoms with van der Waals surface area (Å²) < 4.78 is 24.9. The highest BCUT2D eigenvalue weighted by Gasteiger charge is 2.12. The van der Waals surface area contributed by atoms with Crippen LogP contribution in [0.25, 0.3) is 11.3 Å². The summed E-state index contributed by atoms with van der Waals surface area (Å²) in [6, 6.07) is 14.2. The fourth-order valence-electron chi connectivity index (χ4n) is 2.38. The SMILES string of the molecule is Cc1ccccc1C(=O)Nc1nc(-c2ccc(NS(C)(=O)=O)cc2)cs1. The van der Waals surface area contributed by atoms with Crippen molar-refractivity contribution < 1.29 is 13.2 Å². The van der Waals surface area contributed by atoms with Gasteiger partial charge in [-0.15, -0.1) is 11.3 Å². The highest BCUT2D eigenvalue weighted by molar-refractivity contribution is 7.92. The number of aryl methyl sites for hydroxylation is 1. The molecule has 0 atom stereocenters. The number of carbonyl (C=O) groups is 1. The van der Waals surface area contributed by atoms with E-state index in [1.807, 2.05) is 30.5 Å². The third kappa shape index (κ3) is 4.47. The molecule has 1 aromatic heterocycles. The fourth-order valence-corrected chi connectivity index (χ4v) is 3.66. The molecular formula is C18H17N3O3S2. The van der Waals surface area contributed by atoms with Crippen molar-refractivity contribution in [2.75, 3.05) is 16.3 Å². The second kappa shape index (κ2) is 7.27. The number of nitrogens with one attached hydrogen (secondary N) is 2. The molecule has 0 aliphatic carbocycles. The van der Waals surface area contributed by atoms with Crippen molar-refractivity contribution in [1.29, 1.82) is 0 Å². The summed E-state index contributed by atoms with van der Waals surface area (Å²) >= 11 is 1.33. The molecule has 0 bridgehead atoms. The summed E-state index contributed by atoms with van der Waals surface area (Å²) in [4.78, 5) is 16.8. The molecule has 26 heavy (non-hydrogen) atoms. The first-order valence-corrected chi connectivity index (χ1v) is 10.5. The number of thiazole rings is 1. The quantitative estimate of drug-likeness (QED) is 0.698. The third-order valence-electron chi connectivity index (χ3n) is 3.60. The van der Waals surface area contributed by atoms with E-state index in [0.717, 1.165) is 17.4 Å². The van der Waals surface area contributed by atoms with Gasteiger partial charge in [0.25, 0.3) is 5.91 Å². The van der Waals surface area contributed by atoms with E-state index in [1.54, 1.807) is 30.3 Å². The molecule has 0 saturated heterocycles. The van der Waals surface area contributed by atoms with E-state index in [1.165, 1.54) is 11.3 Å². The Balaban J connectivity index is 1.74. The summed E-state index contributed by atoms with van der Waals surface area (Å²) in [5.74, 6) is -0.197. The van der Waals surface area contributed by atoms with Gasteiger partial charge in [0.05, 0.1) is 11.9 Å². The number of sulfonamides is 1. The van der Waals surface area contributed by atoms with Gasteiger partial charge in [-0.1, -0.05) is 30.3 Å². The van der Waals surface area contributed by atoms with Crippen LogP contribution in [0.4, 0.5) is 10.8 Å². The lowest BCUT2D eigenvalue weighted by Gasteiger charge is -2.05. The number of hydrogen-bond donors (Lipinski definition) is 2. The molecule has 0 aliphatic heterocycles. The molecule has 2 aromatic carbocycles. The summed E-state index contributed by atoms with van der Waals surface area (Å²) in [5, 5.41) is 5.15. The first-order valence-electron chi connectivity index (χ1n) is 7.72. The molecule has 0 fully saturated rings. The van der Waals surface area contributed by atoms with Crippen LogP contribution in [-0.4, -0.2) is 25.6 Å². The Morgan fingerprint density at radius 3 is 2.42 bits per heavy atom. The van der Waals surface area contributed by atoms with Gasteiger partial charge in [-0.3, -0.25) is 14.8 Å². The van der Waals surface area contributed by atoms with Gasteiger partial charge in [-0.25, -0.2) is 13.4 Å². The van der Waals surface area contributed by atoms with Gasteiger partial charge in [-0.2, -0.15) is 0 Å². The second-order valence-electron chi connectivity index (χ2n) is 5.76. The Morgan fingerprint density at radius 2 is 1.77 bits per heavy atom. The van der Waals surface area contributed by atoms with E-state index < -0.39 is 10.0 Å². The van der Waals surface area contributed by atoms with Gasteiger partial charge in [-0.05, 0) is 30.7 Å². The Kier molecular flexibility index (Phi) is 5.06. The second-order valence-corrected chi connectivity index (χ2v) is 8.37. The summed E-state index contributed by atoms with van der Waals surface area (Å²) in [5.41, 5.74) is 3.54. The molecule has 134 valence electrons. The predicted octanol–water partition coefficient (Wildman–Crippen LogP) is 3.74. The molecule has 3 rings (SSSR count). The largest absolute Gasteiger partial charge is 0.298 e. The molecule has 8 heteroatoms. The minimum absolute atomic E-state index is 0.197. The number of nitrogens with zero attached hydrogens (tertiary/aromatic N) is 1. The minimum Gasteiger partial charge on any atom is -0.298 e. The molecule has 6 nitrogen and oxygen atoms in total. The van der Waals surface area contributed by atoms with Crippen LogP contribution in [0.3, 0.4) is 0 Å². The minimum atomic E-state index is -3.31. The Bertz CT molecular complexity index is 1040. The van der Waals surface area contributed by atoms with Gasteiger partial charge in [0.2, 0.25) is 10.0 Å². The fraction of sp³-hybridized carbons (Fsp3) is 0.111. The number of aromatic nitrogens is 1. The molecule has 3 aromatic rings. The number of hydrogen-bond acceptors (Lipinski definition) is 5. The van der Waals surface area contributed by atoms with Crippen LogP contribution >= 0.6 is 11.3 Å². The predicted molar refractivity (Wildman–Crippen MR) is 105 cm³/mol. The average Bonchev–Trinajstić information content (AvgIpc) is 3.03. The van der Waals surface area contributed by atoms with Crippen molar-refractivity contribution in [2.24, 2.45) is 0 Å². The van der Waals surface area contributed by atoms with Crippen molar-refractivity contribution in [3.63, 3.8) is 0 Å². The molecule has 0 radical (unpaired) electrons. The zero-order chi connectivity index (χ0) is 18.7. The summed E-state index contributed by atoms with van der Waals surface area (Å²) in [6.45, 7) is 1.88. The van der Waals surface area contributed by atoms with E-state index in [2.05, 4.69) is 15.0 Å². The van der Waals surface area contributed by atoms with E-state index in [4.69, 9.17) is 0 Å². The van der Waals surface area contributed by atoms with Crippen LogP contribution in [0.5, 0.6) is 0 Å². The highest BCUT2D eigenvalue weighted by Crippen LogP contribution is 2.26. The number of benzene rings is 2. The van der Waals surface area contributed by atoms with Crippen LogP contribution in [0.15, 0.2) is 53.9 Å². The molecular weight excluding hydrogens is 370 g/mol. The molecule has 0 unspecified atom stereocenters. The topological polar surface area (TPSA) is 88.2 Å². The third-order valence-corrected chi connectivity index (χ3v) is 4.96. The summed E-state index contributed by atoms with van der Waals surface area (Å²) in [7, 11) is -3.31. The lowest BCUT2D eigenvalue weighted by molar-refractivity contribution is 0.102. The molecule has 0 spiro atoms. The smallest absolute Gasteiger partial charge is 0.257 e. The summed E-state index contributed by atoms with van der Waals surface area (Å²) in [6.07, 6.45) is 1.10. The molecule has 2 N–H and O–H groups in total. The zero-order valence-corrected chi connectivity index (χ0v) is 15.8. The van der Waals surface area contributed by atoms with Crippen molar-refractivity contribution in [1.82, 2.24) is 4.98 Å². The Hall–Kier alpha value is -2.71. The lowest BCUT2D eigenvalue weighted by Crippen LogP contribution is -2.12. The number of rotatable bonds is 5. The first kappa shape index (κ1) is 18.1. The lowest BCUT2D eigenvalue weighted by atomic mass is 10.1. The highest BCUT2D eigenvalue weighted by atomic mass is 32.2. The van der Waals surface area contributed by atoms with Crippen LogP contribution in [0, 0.1) is 6.92 Å². The first-order chi connectivity index (χ1) is 12.3. The maximum absolute atomic E-state index is 12.3. The van der Waals surface area contributed by atoms with Gasteiger partial charge in [0, 0.05) is 22.2 Å². The van der Waals surface area contributed by atoms with E-state index in [-0.39, 0.29) is 5.91 Å². The van der Waals surface area contributed by atoms with Gasteiger partial charge in [0.15, 0.2) is 5.13 Å². The van der Waals surface area contributed by atoms with Gasteiger partial charge < -0.3 is 0 Å². The maximum Gasteiger partial charge on any atom is 0.257 e. The maximum atomic E-state index is 12.3. The molecule has 0 aliphatic rings.